The van der Waals surface area contributed by atoms with Gasteiger partial charge in [0.15, 0.2) is 0 Å². The Morgan fingerprint density at radius 2 is 1.42 bits per heavy atom. The fraction of sp³-hybridized carbons (Fsp3) is 0.235. The van der Waals surface area contributed by atoms with Gasteiger partial charge in [-0.05, 0) is 17.5 Å². The van der Waals surface area contributed by atoms with E-state index in [4.69, 9.17) is 0 Å². The van der Waals surface area contributed by atoms with Crippen molar-refractivity contribution in [3.05, 3.63) is 71.8 Å². The molecule has 0 bridgehead atoms. The van der Waals surface area contributed by atoms with Crippen LogP contribution in [0.3, 0.4) is 0 Å². The van der Waals surface area contributed by atoms with E-state index in [1.165, 1.54) is 11.1 Å². The molecule has 0 radical (unpaired) electrons. The van der Waals surface area contributed by atoms with E-state index in [-0.39, 0.29) is 5.91 Å². The Kier molecular flexibility index (Phi) is 4.73. The number of rotatable bonds is 5. The first-order valence-electron chi connectivity index (χ1n) is 6.61. The molecule has 1 amide bonds. The average molecular weight is 253 g/mol. The quantitative estimate of drug-likeness (QED) is 0.870. The summed E-state index contributed by atoms with van der Waals surface area (Å²) in [6.45, 7) is 2.25. The number of hydrogen-bond acceptors (Lipinski definition) is 1. The average Bonchev–Trinajstić information content (AvgIpc) is 2.45. The number of carbonyl (C=O) groups excluding carboxylic acids is 1. The SMILES string of the molecule is CC(=O)NCCC(c1ccccc1)c1ccccc1. The van der Waals surface area contributed by atoms with Crippen LogP contribution >= 0.6 is 0 Å². The van der Waals surface area contributed by atoms with Gasteiger partial charge in [-0.1, -0.05) is 60.7 Å². The highest BCUT2D eigenvalue weighted by atomic mass is 16.1. The fourth-order valence-corrected chi connectivity index (χ4v) is 2.29. The molecular weight excluding hydrogens is 234 g/mol. The van der Waals surface area contributed by atoms with Crippen molar-refractivity contribution in [1.29, 1.82) is 0 Å². The smallest absolute Gasteiger partial charge is 0.216 e. The van der Waals surface area contributed by atoms with Gasteiger partial charge < -0.3 is 5.32 Å². The van der Waals surface area contributed by atoms with Crippen LogP contribution in [0.5, 0.6) is 0 Å². The van der Waals surface area contributed by atoms with Crippen LogP contribution in [0.2, 0.25) is 0 Å². The molecule has 98 valence electrons. The predicted octanol–water partition coefficient (Wildman–Crippen LogP) is 3.34. The Bertz CT molecular complexity index is 468. The molecule has 0 aliphatic rings. The van der Waals surface area contributed by atoms with E-state index in [9.17, 15) is 4.79 Å². The van der Waals surface area contributed by atoms with E-state index in [1.807, 2.05) is 12.1 Å². The summed E-state index contributed by atoms with van der Waals surface area (Å²) in [5.74, 6) is 0.356. The Morgan fingerprint density at radius 3 is 1.84 bits per heavy atom. The molecule has 2 aromatic rings. The molecule has 1 N–H and O–H groups in total. The van der Waals surface area contributed by atoms with Gasteiger partial charge in [-0.2, -0.15) is 0 Å². The second-order valence-electron chi connectivity index (χ2n) is 4.65. The van der Waals surface area contributed by atoms with Gasteiger partial charge >= 0.3 is 0 Å². The first-order valence-corrected chi connectivity index (χ1v) is 6.61. The van der Waals surface area contributed by atoms with Crippen LogP contribution in [0.25, 0.3) is 0 Å². The number of nitrogens with one attached hydrogen (secondary N) is 1. The molecule has 0 unspecified atom stereocenters. The minimum absolute atomic E-state index is 0.0277. The van der Waals surface area contributed by atoms with Crippen LogP contribution in [0.1, 0.15) is 30.4 Å². The van der Waals surface area contributed by atoms with Gasteiger partial charge in [-0.15, -0.1) is 0 Å². The molecule has 0 saturated heterocycles. The summed E-state index contributed by atoms with van der Waals surface area (Å²) in [6, 6.07) is 20.9. The molecule has 2 heteroatoms. The van der Waals surface area contributed by atoms with Crippen molar-refractivity contribution in [2.24, 2.45) is 0 Å². The molecule has 2 nitrogen and oxygen atoms in total. The first kappa shape index (κ1) is 13.3. The largest absolute Gasteiger partial charge is 0.356 e. The lowest BCUT2D eigenvalue weighted by Crippen LogP contribution is -2.22. The van der Waals surface area contributed by atoms with Crippen molar-refractivity contribution < 1.29 is 4.79 Å². The lowest BCUT2D eigenvalue weighted by molar-refractivity contribution is -0.118. The Balaban J connectivity index is 2.17. The summed E-state index contributed by atoms with van der Waals surface area (Å²) < 4.78 is 0. The molecule has 2 aromatic carbocycles. The summed E-state index contributed by atoms with van der Waals surface area (Å²) in [4.78, 5) is 11.0. The molecule has 0 saturated carbocycles. The van der Waals surface area contributed by atoms with Crippen molar-refractivity contribution in [1.82, 2.24) is 5.32 Å². The van der Waals surface area contributed by atoms with Gasteiger partial charge in [0.2, 0.25) is 5.91 Å². The summed E-state index contributed by atoms with van der Waals surface area (Å²) in [7, 11) is 0. The maximum Gasteiger partial charge on any atom is 0.216 e. The standard InChI is InChI=1S/C17H19NO/c1-14(19)18-13-12-17(15-8-4-2-5-9-15)16-10-6-3-7-11-16/h2-11,17H,12-13H2,1H3,(H,18,19). The lowest BCUT2D eigenvalue weighted by atomic mass is 9.88. The second-order valence-corrected chi connectivity index (χ2v) is 4.65. The third-order valence-corrected chi connectivity index (χ3v) is 3.21. The number of carbonyl (C=O) groups is 1. The van der Waals surface area contributed by atoms with Crippen molar-refractivity contribution in [2.45, 2.75) is 19.3 Å². The molecule has 0 spiro atoms. The van der Waals surface area contributed by atoms with E-state index in [1.54, 1.807) is 6.92 Å². The van der Waals surface area contributed by atoms with Crippen LogP contribution in [0.4, 0.5) is 0 Å². The highest BCUT2D eigenvalue weighted by Gasteiger charge is 2.13. The van der Waals surface area contributed by atoms with Crippen molar-refractivity contribution >= 4 is 5.91 Å². The van der Waals surface area contributed by atoms with E-state index >= 15 is 0 Å². The van der Waals surface area contributed by atoms with E-state index < -0.39 is 0 Å². The zero-order valence-electron chi connectivity index (χ0n) is 11.2. The molecule has 0 aliphatic heterocycles. The van der Waals surface area contributed by atoms with Crippen LogP contribution in [-0.2, 0) is 4.79 Å². The topological polar surface area (TPSA) is 29.1 Å². The van der Waals surface area contributed by atoms with Gasteiger partial charge in [0.1, 0.15) is 0 Å². The molecule has 0 aromatic heterocycles. The van der Waals surface area contributed by atoms with Gasteiger partial charge in [-0.3, -0.25) is 4.79 Å². The van der Waals surface area contributed by atoms with Crippen LogP contribution in [0, 0.1) is 0 Å². The number of amides is 1. The summed E-state index contributed by atoms with van der Waals surface area (Å²) >= 11 is 0. The third-order valence-electron chi connectivity index (χ3n) is 3.21. The summed E-state index contributed by atoms with van der Waals surface area (Å²) in [5, 5.41) is 2.88. The van der Waals surface area contributed by atoms with Crippen molar-refractivity contribution in [3.8, 4) is 0 Å². The molecule has 0 atom stereocenters. The highest BCUT2D eigenvalue weighted by Crippen LogP contribution is 2.27. The molecule has 0 fully saturated rings. The minimum Gasteiger partial charge on any atom is -0.356 e. The van der Waals surface area contributed by atoms with Crippen molar-refractivity contribution in [2.75, 3.05) is 6.54 Å². The fourth-order valence-electron chi connectivity index (χ4n) is 2.29. The van der Waals surface area contributed by atoms with Crippen LogP contribution < -0.4 is 5.32 Å². The molecule has 0 heterocycles. The molecule has 19 heavy (non-hydrogen) atoms. The van der Waals surface area contributed by atoms with E-state index in [0.717, 1.165) is 6.42 Å². The maximum atomic E-state index is 11.0. The molecular formula is C17H19NO. The van der Waals surface area contributed by atoms with E-state index in [2.05, 4.69) is 53.8 Å². The molecule has 0 aliphatic carbocycles. The predicted molar refractivity (Wildman–Crippen MR) is 78.0 cm³/mol. The minimum atomic E-state index is 0.0277. The molecule has 2 rings (SSSR count). The van der Waals surface area contributed by atoms with Gasteiger partial charge in [-0.25, -0.2) is 0 Å². The Labute approximate surface area is 114 Å². The van der Waals surface area contributed by atoms with Crippen molar-refractivity contribution in [3.63, 3.8) is 0 Å². The zero-order chi connectivity index (χ0) is 13.5. The zero-order valence-corrected chi connectivity index (χ0v) is 11.2. The summed E-state index contributed by atoms with van der Waals surface area (Å²) in [6.07, 6.45) is 0.910. The number of benzene rings is 2. The Morgan fingerprint density at radius 1 is 0.947 bits per heavy atom. The van der Waals surface area contributed by atoms with E-state index in [0.29, 0.717) is 12.5 Å². The second kappa shape index (κ2) is 6.74. The normalized spacial score (nSPS) is 10.4. The first-order chi connectivity index (χ1) is 9.27. The van der Waals surface area contributed by atoms with Gasteiger partial charge in [0, 0.05) is 19.4 Å². The van der Waals surface area contributed by atoms with Crippen LogP contribution in [0.15, 0.2) is 60.7 Å². The van der Waals surface area contributed by atoms with Gasteiger partial charge in [0.25, 0.3) is 0 Å². The van der Waals surface area contributed by atoms with Gasteiger partial charge in [0.05, 0.1) is 0 Å². The maximum absolute atomic E-state index is 11.0. The Hall–Kier alpha value is -2.09. The lowest BCUT2D eigenvalue weighted by Gasteiger charge is -2.18. The summed E-state index contributed by atoms with van der Waals surface area (Å²) in [5.41, 5.74) is 2.58. The number of hydrogen-bond donors (Lipinski definition) is 1. The highest BCUT2D eigenvalue weighted by molar-refractivity contribution is 5.72. The van der Waals surface area contributed by atoms with Crippen LogP contribution in [-0.4, -0.2) is 12.5 Å². The third kappa shape index (κ3) is 3.95. The monoisotopic (exact) mass is 253 g/mol.